The molecule has 0 bridgehead atoms. The van der Waals surface area contributed by atoms with E-state index < -0.39 is 0 Å². The fraction of sp³-hybridized carbons (Fsp3) is 0. The molecule has 0 aliphatic heterocycles. The average Bonchev–Trinajstić information content (AvgIpc) is 0. The van der Waals surface area contributed by atoms with E-state index in [-0.39, 0.29) is 166 Å². The molecular formula is H9Na5O2. The van der Waals surface area contributed by atoms with Crippen LogP contribution in [-0.4, -0.2) is 11.0 Å². The van der Waals surface area contributed by atoms with Gasteiger partial charge in [-0.3, -0.25) is 0 Å². The van der Waals surface area contributed by atoms with Gasteiger partial charge in [0, 0.05) is 0 Å². The Morgan fingerprint density at radius 1 is 0.429 bits per heavy atom. The maximum absolute atomic E-state index is 0. The van der Waals surface area contributed by atoms with Crippen LogP contribution in [0.4, 0.5) is 0 Å². The van der Waals surface area contributed by atoms with E-state index in [9.17, 15) is 0 Å². The predicted molar refractivity (Wildman–Crippen MR) is 12.8 cm³/mol. The first-order chi connectivity index (χ1) is 0. The Morgan fingerprint density at radius 2 is 0.429 bits per heavy atom. The van der Waals surface area contributed by atoms with Crippen molar-refractivity contribution in [2.75, 3.05) is 0 Å². The van der Waals surface area contributed by atoms with E-state index >= 15 is 0 Å². The standard InChI is InChI=1S/5Na.2H2O.5H/h;;;;;2*1H2;;;;;/q5*+1;;;5*-1. The van der Waals surface area contributed by atoms with E-state index in [1.807, 2.05) is 0 Å². The van der Waals surface area contributed by atoms with E-state index in [0.29, 0.717) is 0 Å². The van der Waals surface area contributed by atoms with Crippen molar-refractivity contribution < 1.29 is 166 Å². The zero-order chi connectivity index (χ0) is 0. The third-order valence-corrected chi connectivity index (χ3v) is 0. The van der Waals surface area contributed by atoms with Gasteiger partial charge < -0.3 is 18.1 Å². The van der Waals surface area contributed by atoms with Gasteiger partial charge in [-0.1, -0.05) is 0 Å². The minimum Gasteiger partial charge on any atom is -1.00 e. The largest absolute Gasteiger partial charge is 1.00 e. The quantitative estimate of drug-likeness (QED) is 0.313. The number of rotatable bonds is 0. The molecule has 7 heteroatoms. The molecule has 0 amide bonds. The summed E-state index contributed by atoms with van der Waals surface area (Å²) in [5.74, 6) is 0. The van der Waals surface area contributed by atoms with Gasteiger partial charge >= 0.3 is 148 Å². The van der Waals surface area contributed by atoms with Crippen molar-refractivity contribution >= 4 is 0 Å². The molecule has 0 aliphatic rings. The summed E-state index contributed by atoms with van der Waals surface area (Å²) in [6.07, 6.45) is 0. The topological polar surface area (TPSA) is 63.0 Å². The molecule has 26 valence electrons. The number of hydrogen-bond donors (Lipinski definition) is 0. The molecule has 0 aromatic heterocycles. The van der Waals surface area contributed by atoms with Crippen molar-refractivity contribution in [3.05, 3.63) is 0 Å². The first-order valence-corrected chi connectivity index (χ1v) is 0. The maximum atomic E-state index is 0. The van der Waals surface area contributed by atoms with Crippen molar-refractivity contribution in [2.24, 2.45) is 0 Å². The third kappa shape index (κ3) is 35.9. The van der Waals surface area contributed by atoms with Crippen molar-refractivity contribution in [1.82, 2.24) is 0 Å². The monoisotopic (exact) mass is 156 g/mol. The summed E-state index contributed by atoms with van der Waals surface area (Å²) in [6.45, 7) is 0. The molecule has 4 N–H and O–H groups in total. The van der Waals surface area contributed by atoms with Gasteiger partial charge in [-0.15, -0.1) is 0 Å². The van der Waals surface area contributed by atoms with Crippen LogP contribution in [0.15, 0.2) is 0 Å². The van der Waals surface area contributed by atoms with Gasteiger partial charge in [-0.25, -0.2) is 0 Å². The van der Waals surface area contributed by atoms with Gasteiger partial charge in [0.15, 0.2) is 0 Å². The summed E-state index contributed by atoms with van der Waals surface area (Å²) in [5, 5.41) is 0. The molecule has 0 unspecified atom stereocenters. The second-order valence-electron chi connectivity index (χ2n) is 0. The van der Waals surface area contributed by atoms with Gasteiger partial charge in [0.1, 0.15) is 0 Å². The van der Waals surface area contributed by atoms with Crippen molar-refractivity contribution in [2.45, 2.75) is 0 Å². The van der Waals surface area contributed by atoms with Crippen molar-refractivity contribution in [3.63, 3.8) is 0 Å². The van der Waals surface area contributed by atoms with Crippen LogP contribution in [0.25, 0.3) is 0 Å². The summed E-state index contributed by atoms with van der Waals surface area (Å²) in [7, 11) is 0. The van der Waals surface area contributed by atoms with Crippen LogP contribution in [0.1, 0.15) is 7.13 Å². The molecular weight excluding hydrogens is 147 g/mol. The van der Waals surface area contributed by atoms with E-state index in [1.54, 1.807) is 0 Å². The first kappa shape index (κ1) is 58.7. The molecule has 0 saturated carbocycles. The molecule has 0 saturated heterocycles. The first-order valence-electron chi connectivity index (χ1n) is 0. The molecule has 2 nitrogen and oxygen atoms in total. The zero-order valence-corrected chi connectivity index (χ0v) is 16.0. The van der Waals surface area contributed by atoms with E-state index in [2.05, 4.69) is 0 Å². The van der Waals surface area contributed by atoms with Crippen molar-refractivity contribution in [1.29, 1.82) is 0 Å². The molecule has 0 aliphatic carbocycles. The summed E-state index contributed by atoms with van der Waals surface area (Å²) in [4.78, 5) is 0. The van der Waals surface area contributed by atoms with Crippen LogP contribution in [0.2, 0.25) is 0 Å². The molecule has 0 radical (unpaired) electrons. The minimum atomic E-state index is 0. The Morgan fingerprint density at radius 3 is 0.429 bits per heavy atom. The molecule has 7 heavy (non-hydrogen) atoms. The molecule has 0 fully saturated rings. The predicted octanol–water partition coefficient (Wildman–Crippen LogP) is -16.1. The average molecular weight is 156 g/mol. The van der Waals surface area contributed by atoms with Crippen molar-refractivity contribution in [3.8, 4) is 0 Å². The SMILES string of the molecule is O.O.[H-].[H-].[H-].[H-].[H-].[Na+].[Na+].[Na+].[Na+].[Na+]. The summed E-state index contributed by atoms with van der Waals surface area (Å²) < 4.78 is 0. The van der Waals surface area contributed by atoms with Gasteiger partial charge in [0.25, 0.3) is 0 Å². The van der Waals surface area contributed by atoms with Gasteiger partial charge in [-0.2, -0.15) is 0 Å². The maximum Gasteiger partial charge on any atom is 1.00 e. The molecule has 0 heterocycles. The molecule has 0 rings (SSSR count). The summed E-state index contributed by atoms with van der Waals surface area (Å²) >= 11 is 0. The van der Waals surface area contributed by atoms with Crippen LogP contribution in [0.5, 0.6) is 0 Å². The Kier molecular flexibility index (Phi) is 372. The summed E-state index contributed by atoms with van der Waals surface area (Å²) in [5.41, 5.74) is 0. The van der Waals surface area contributed by atoms with Crippen LogP contribution < -0.4 is 148 Å². The minimum absolute atomic E-state index is 0. The fourth-order valence-electron chi connectivity index (χ4n) is 0. The van der Waals surface area contributed by atoms with Crippen LogP contribution in [0, 0.1) is 0 Å². The number of hydrogen-bond acceptors (Lipinski definition) is 0. The summed E-state index contributed by atoms with van der Waals surface area (Å²) in [6, 6.07) is 0. The molecule has 0 atom stereocenters. The van der Waals surface area contributed by atoms with Gasteiger partial charge in [0.05, 0.1) is 0 Å². The Balaban J connectivity index is 0. The molecule has 0 aromatic rings. The van der Waals surface area contributed by atoms with Crippen LogP contribution >= 0.6 is 0 Å². The van der Waals surface area contributed by atoms with E-state index in [1.165, 1.54) is 0 Å². The molecule has 0 spiro atoms. The normalized spacial score (nSPS) is 0. The Labute approximate surface area is 162 Å². The van der Waals surface area contributed by atoms with E-state index in [4.69, 9.17) is 0 Å². The zero-order valence-electron chi connectivity index (χ0n) is 11.0. The smallest absolute Gasteiger partial charge is 1.00 e. The fourth-order valence-corrected chi connectivity index (χ4v) is 0. The van der Waals surface area contributed by atoms with E-state index in [0.717, 1.165) is 0 Å². The second kappa shape index (κ2) is 44.4. The Bertz CT molecular complexity index is 17.8. The van der Waals surface area contributed by atoms with Crippen LogP contribution in [0.3, 0.4) is 0 Å². The molecule has 0 aromatic carbocycles. The third-order valence-electron chi connectivity index (χ3n) is 0. The second-order valence-corrected chi connectivity index (χ2v) is 0. The Hall–Kier alpha value is 4.92. The van der Waals surface area contributed by atoms with Gasteiger partial charge in [-0.05, 0) is 0 Å². The van der Waals surface area contributed by atoms with Crippen LogP contribution in [-0.2, 0) is 0 Å². The van der Waals surface area contributed by atoms with Gasteiger partial charge in [0.2, 0.25) is 0 Å².